The van der Waals surface area contributed by atoms with Crippen LogP contribution in [0.5, 0.6) is 0 Å². The topological polar surface area (TPSA) is 88.3 Å². The van der Waals surface area contributed by atoms with Crippen LogP contribution >= 0.6 is 23.2 Å². The molecule has 10 heteroatoms. The first-order valence-corrected chi connectivity index (χ1v) is 8.95. The average Bonchev–Trinajstić information content (AvgIpc) is 3.14. The van der Waals surface area contributed by atoms with Crippen molar-refractivity contribution in [3.63, 3.8) is 0 Å². The fraction of sp³-hybridized carbons (Fsp3) is 0.500. The van der Waals surface area contributed by atoms with Crippen molar-refractivity contribution in [1.82, 2.24) is 9.80 Å². The molecule has 1 amide bonds. The van der Waals surface area contributed by atoms with E-state index in [0.29, 0.717) is 32.2 Å². The third-order valence-corrected chi connectivity index (χ3v) is 5.31. The molecule has 2 aliphatic heterocycles. The predicted molar refractivity (Wildman–Crippen MR) is 97.0 cm³/mol. The zero-order valence-electron chi connectivity index (χ0n) is 14.1. The Labute approximate surface area is 160 Å². The smallest absolute Gasteiger partial charge is 0.281 e. The molecule has 2 saturated heterocycles. The Bertz CT molecular complexity index is 738. The minimum atomic E-state index is -0.795. The first-order valence-electron chi connectivity index (χ1n) is 8.20. The van der Waals surface area contributed by atoms with Crippen molar-refractivity contribution in [3.05, 3.63) is 43.9 Å². The summed E-state index contributed by atoms with van der Waals surface area (Å²) in [5.74, 6) is 0.0787. The van der Waals surface area contributed by atoms with Crippen LogP contribution in [0.1, 0.15) is 17.3 Å². The fourth-order valence-corrected chi connectivity index (χ4v) is 3.76. The average molecular weight is 401 g/mol. The summed E-state index contributed by atoms with van der Waals surface area (Å²) in [5, 5.41) is 14.1. The van der Waals surface area contributed by atoms with Gasteiger partial charge in [0.25, 0.3) is 11.9 Å². The molecule has 2 fully saturated rings. The quantitative estimate of drug-likeness (QED) is 0.572. The van der Waals surface area contributed by atoms with E-state index in [0.717, 1.165) is 0 Å². The van der Waals surface area contributed by atoms with Crippen LogP contribution in [0, 0.1) is 22.0 Å². The van der Waals surface area contributed by atoms with Crippen LogP contribution in [0.25, 0.3) is 0 Å². The van der Waals surface area contributed by atoms with Gasteiger partial charge in [0.2, 0.25) is 0 Å². The molecule has 0 saturated carbocycles. The Morgan fingerprint density at radius 3 is 2.62 bits per heavy atom. The number of halogens is 2. The summed E-state index contributed by atoms with van der Waals surface area (Å²) in [6.45, 7) is 4.59. The monoisotopic (exact) mass is 400 g/mol. The third kappa shape index (κ3) is 3.77. The molecule has 8 nitrogen and oxygen atoms in total. The molecule has 26 heavy (non-hydrogen) atoms. The Balaban J connectivity index is 1.87. The molecule has 2 unspecified atom stereocenters. The predicted octanol–water partition coefficient (Wildman–Crippen LogP) is 2.58. The van der Waals surface area contributed by atoms with Gasteiger partial charge in [0.05, 0.1) is 22.2 Å². The SMILES string of the molecule is CC1COCC1CN1CCN(C(=O)c2c(Cl)cccc2Cl)C1=N[N+](=O)[O-]. The lowest BCUT2D eigenvalue weighted by molar-refractivity contribution is -0.486. The number of carbonyl (C=O) groups excluding carboxylic acids is 1. The van der Waals surface area contributed by atoms with Gasteiger partial charge in [-0.1, -0.05) is 36.2 Å². The number of rotatable bonds is 4. The molecule has 1 aromatic carbocycles. The molecule has 0 bridgehead atoms. The van der Waals surface area contributed by atoms with E-state index in [2.05, 4.69) is 12.0 Å². The molecule has 0 aromatic heterocycles. The van der Waals surface area contributed by atoms with Crippen molar-refractivity contribution in [2.75, 3.05) is 32.8 Å². The lowest BCUT2D eigenvalue weighted by atomic mass is 9.98. The third-order valence-electron chi connectivity index (χ3n) is 4.68. The molecular formula is C16H18Cl2N4O4. The lowest BCUT2D eigenvalue weighted by Crippen LogP contribution is -2.41. The maximum atomic E-state index is 12.9. The van der Waals surface area contributed by atoms with Gasteiger partial charge < -0.3 is 9.64 Å². The first-order chi connectivity index (χ1) is 12.4. The zero-order valence-corrected chi connectivity index (χ0v) is 15.6. The molecule has 2 atom stereocenters. The van der Waals surface area contributed by atoms with E-state index in [1.807, 2.05) is 0 Å². The lowest BCUT2D eigenvalue weighted by Gasteiger charge is -2.24. The first kappa shape index (κ1) is 18.9. The summed E-state index contributed by atoms with van der Waals surface area (Å²) in [7, 11) is 0. The van der Waals surface area contributed by atoms with Gasteiger partial charge in [-0.2, -0.15) is 0 Å². The molecule has 2 aliphatic rings. The molecule has 2 heterocycles. The molecule has 1 aromatic rings. The van der Waals surface area contributed by atoms with Gasteiger partial charge in [0.15, 0.2) is 5.03 Å². The highest BCUT2D eigenvalue weighted by molar-refractivity contribution is 6.40. The Morgan fingerprint density at radius 2 is 2.04 bits per heavy atom. The number of guanidine groups is 1. The highest BCUT2D eigenvalue weighted by Crippen LogP contribution is 2.28. The number of nitro groups is 1. The molecule has 140 valence electrons. The van der Waals surface area contributed by atoms with E-state index in [4.69, 9.17) is 27.9 Å². The number of ether oxygens (including phenoxy) is 1. The van der Waals surface area contributed by atoms with Gasteiger partial charge in [-0.15, -0.1) is 0 Å². The number of hydrogen-bond acceptors (Lipinski definition) is 4. The van der Waals surface area contributed by atoms with Crippen LogP contribution in [0.3, 0.4) is 0 Å². The van der Waals surface area contributed by atoms with E-state index < -0.39 is 10.9 Å². The Kier molecular flexibility index (Phi) is 5.64. The minimum absolute atomic E-state index is 0.00934. The standard InChI is InChI=1S/C16H18Cl2N4O4/c1-10-8-26-9-11(10)7-20-5-6-21(16(20)19-22(24)25)15(23)14-12(17)3-2-4-13(14)18/h2-4,10-11H,5-9H2,1H3. The number of hydrogen-bond donors (Lipinski definition) is 0. The molecule has 0 N–H and O–H groups in total. The van der Waals surface area contributed by atoms with Crippen molar-refractivity contribution in [2.24, 2.45) is 16.9 Å². The van der Waals surface area contributed by atoms with Gasteiger partial charge in [0.1, 0.15) is 5.10 Å². The van der Waals surface area contributed by atoms with Crippen molar-refractivity contribution < 1.29 is 14.6 Å². The maximum Gasteiger partial charge on any atom is 0.281 e. The van der Waals surface area contributed by atoms with Crippen molar-refractivity contribution >= 4 is 35.1 Å². The van der Waals surface area contributed by atoms with Crippen molar-refractivity contribution in [3.8, 4) is 0 Å². The largest absolute Gasteiger partial charge is 0.381 e. The van der Waals surface area contributed by atoms with Crippen molar-refractivity contribution in [2.45, 2.75) is 6.92 Å². The van der Waals surface area contributed by atoms with E-state index in [-0.39, 0.29) is 34.0 Å². The van der Waals surface area contributed by atoms with Gasteiger partial charge in [0, 0.05) is 32.2 Å². The Hall–Kier alpha value is -1.90. The fourth-order valence-electron chi connectivity index (χ4n) is 3.21. The molecule has 0 aliphatic carbocycles. The van der Waals surface area contributed by atoms with Gasteiger partial charge >= 0.3 is 0 Å². The summed E-state index contributed by atoms with van der Waals surface area (Å²) in [4.78, 5) is 27.0. The van der Waals surface area contributed by atoms with E-state index in [9.17, 15) is 14.9 Å². The number of carbonyl (C=O) groups is 1. The highest BCUT2D eigenvalue weighted by atomic mass is 35.5. The summed E-state index contributed by atoms with van der Waals surface area (Å²) < 4.78 is 5.46. The zero-order chi connectivity index (χ0) is 18.8. The highest BCUT2D eigenvalue weighted by Gasteiger charge is 2.38. The number of benzene rings is 1. The second-order valence-electron chi connectivity index (χ2n) is 6.41. The number of amides is 1. The second-order valence-corrected chi connectivity index (χ2v) is 7.23. The molecule has 0 spiro atoms. The van der Waals surface area contributed by atoms with Gasteiger partial charge in [-0.05, 0) is 18.1 Å². The maximum absolute atomic E-state index is 12.9. The second kappa shape index (κ2) is 7.77. The molecule has 3 rings (SSSR count). The summed E-state index contributed by atoms with van der Waals surface area (Å²) in [6, 6.07) is 4.73. The van der Waals surface area contributed by atoms with Crippen LogP contribution in [-0.2, 0) is 4.74 Å². The van der Waals surface area contributed by atoms with Crippen LogP contribution in [0.2, 0.25) is 10.0 Å². The van der Waals surface area contributed by atoms with E-state index in [1.165, 1.54) is 4.90 Å². The van der Waals surface area contributed by atoms with Crippen LogP contribution in [-0.4, -0.2) is 59.5 Å². The van der Waals surface area contributed by atoms with E-state index >= 15 is 0 Å². The summed E-state index contributed by atoms with van der Waals surface area (Å²) >= 11 is 12.2. The summed E-state index contributed by atoms with van der Waals surface area (Å²) in [6.07, 6.45) is 0. The van der Waals surface area contributed by atoms with Gasteiger partial charge in [-0.25, -0.2) is 10.1 Å². The van der Waals surface area contributed by atoms with Crippen molar-refractivity contribution in [1.29, 1.82) is 0 Å². The normalized spacial score (nSPS) is 24.5. The van der Waals surface area contributed by atoms with Crippen LogP contribution in [0.15, 0.2) is 23.3 Å². The minimum Gasteiger partial charge on any atom is -0.381 e. The summed E-state index contributed by atoms with van der Waals surface area (Å²) in [5.41, 5.74) is 0.117. The van der Waals surface area contributed by atoms with Crippen LogP contribution in [0.4, 0.5) is 0 Å². The van der Waals surface area contributed by atoms with Crippen LogP contribution < -0.4 is 0 Å². The number of hydrazone groups is 1. The molecule has 0 radical (unpaired) electrons. The van der Waals surface area contributed by atoms with E-state index in [1.54, 1.807) is 23.1 Å². The molecular weight excluding hydrogens is 383 g/mol. The van der Waals surface area contributed by atoms with Gasteiger partial charge in [-0.3, -0.25) is 9.69 Å². The Morgan fingerprint density at radius 1 is 1.35 bits per heavy atom. The number of nitrogens with zero attached hydrogens (tertiary/aromatic N) is 4.